The first-order valence-electron chi connectivity index (χ1n) is 5.86. The lowest BCUT2D eigenvalue weighted by Crippen LogP contribution is -2.45. The summed E-state index contributed by atoms with van der Waals surface area (Å²) in [6, 6.07) is 2.59. The average molecular weight is 223 g/mol. The lowest BCUT2D eigenvalue weighted by Gasteiger charge is -2.26. The largest absolute Gasteiger partial charge is 0.359 e. The van der Waals surface area contributed by atoms with Crippen LogP contribution >= 0.6 is 0 Å². The van der Waals surface area contributed by atoms with E-state index in [0.29, 0.717) is 6.54 Å². The molecule has 0 aliphatic heterocycles. The van der Waals surface area contributed by atoms with Crippen molar-refractivity contribution in [3.63, 3.8) is 0 Å². The van der Waals surface area contributed by atoms with Gasteiger partial charge in [-0.1, -0.05) is 6.42 Å². The van der Waals surface area contributed by atoms with Crippen molar-refractivity contribution in [1.82, 2.24) is 10.6 Å². The summed E-state index contributed by atoms with van der Waals surface area (Å²) >= 11 is 0. The van der Waals surface area contributed by atoms with Crippen molar-refractivity contribution in [2.45, 2.75) is 39.2 Å². The van der Waals surface area contributed by atoms with E-state index in [9.17, 15) is 4.79 Å². The van der Waals surface area contributed by atoms with Gasteiger partial charge in [-0.2, -0.15) is 5.26 Å². The zero-order valence-corrected chi connectivity index (χ0v) is 10.3. The molecule has 0 radical (unpaired) electrons. The Bertz CT molecular complexity index is 293. The molecule has 2 atom stereocenters. The highest BCUT2D eigenvalue weighted by Gasteiger charge is 2.31. The van der Waals surface area contributed by atoms with Crippen LogP contribution in [0, 0.1) is 22.7 Å². The van der Waals surface area contributed by atoms with Gasteiger partial charge in [-0.3, -0.25) is 4.79 Å². The number of hydrogen-bond acceptors (Lipinski definition) is 3. The molecule has 0 spiro atoms. The fraction of sp³-hybridized carbons (Fsp3) is 0.833. The molecule has 90 valence electrons. The minimum atomic E-state index is -0.419. The SMILES string of the molecule is CNC(=O)C(C)(C)CNC1CCCC1C#N. The Morgan fingerprint density at radius 3 is 2.75 bits per heavy atom. The molecule has 16 heavy (non-hydrogen) atoms. The Kier molecular flexibility index (Phi) is 4.31. The molecule has 2 unspecified atom stereocenters. The van der Waals surface area contributed by atoms with E-state index in [2.05, 4.69) is 16.7 Å². The highest BCUT2D eigenvalue weighted by Crippen LogP contribution is 2.25. The minimum Gasteiger partial charge on any atom is -0.359 e. The quantitative estimate of drug-likeness (QED) is 0.748. The number of nitrogens with zero attached hydrogens (tertiary/aromatic N) is 1. The third-order valence-electron chi connectivity index (χ3n) is 3.33. The maximum absolute atomic E-state index is 11.6. The molecular formula is C12H21N3O. The van der Waals surface area contributed by atoms with Crippen molar-refractivity contribution >= 4 is 5.91 Å². The average Bonchev–Trinajstić information content (AvgIpc) is 2.72. The van der Waals surface area contributed by atoms with Crippen LogP contribution in [0.15, 0.2) is 0 Å². The number of amides is 1. The predicted octanol–water partition coefficient (Wildman–Crippen LogP) is 1.04. The Morgan fingerprint density at radius 2 is 2.19 bits per heavy atom. The Hall–Kier alpha value is -1.08. The van der Waals surface area contributed by atoms with Crippen LogP contribution in [0.2, 0.25) is 0 Å². The fourth-order valence-electron chi connectivity index (χ4n) is 2.16. The smallest absolute Gasteiger partial charge is 0.226 e. The van der Waals surface area contributed by atoms with E-state index in [0.717, 1.165) is 19.3 Å². The number of rotatable bonds is 4. The Balaban J connectivity index is 2.45. The Labute approximate surface area is 97.4 Å². The van der Waals surface area contributed by atoms with Crippen molar-refractivity contribution in [2.75, 3.05) is 13.6 Å². The zero-order chi connectivity index (χ0) is 12.2. The first-order valence-corrected chi connectivity index (χ1v) is 5.86. The summed E-state index contributed by atoms with van der Waals surface area (Å²) in [4.78, 5) is 11.6. The van der Waals surface area contributed by atoms with E-state index < -0.39 is 5.41 Å². The van der Waals surface area contributed by atoms with Gasteiger partial charge in [0.15, 0.2) is 0 Å². The number of hydrogen-bond donors (Lipinski definition) is 2. The molecule has 1 amide bonds. The van der Waals surface area contributed by atoms with Gasteiger partial charge < -0.3 is 10.6 Å². The van der Waals surface area contributed by atoms with Crippen molar-refractivity contribution in [2.24, 2.45) is 11.3 Å². The summed E-state index contributed by atoms with van der Waals surface area (Å²) in [6.07, 6.45) is 3.13. The summed E-state index contributed by atoms with van der Waals surface area (Å²) < 4.78 is 0. The van der Waals surface area contributed by atoms with E-state index in [1.54, 1.807) is 7.05 Å². The molecule has 0 heterocycles. The summed E-state index contributed by atoms with van der Waals surface area (Å²) in [5, 5.41) is 15.0. The highest BCUT2D eigenvalue weighted by molar-refractivity contribution is 5.81. The van der Waals surface area contributed by atoms with Gasteiger partial charge in [0, 0.05) is 19.6 Å². The van der Waals surface area contributed by atoms with Crippen LogP contribution in [0.4, 0.5) is 0 Å². The van der Waals surface area contributed by atoms with Gasteiger partial charge >= 0.3 is 0 Å². The number of nitriles is 1. The normalized spacial score (nSPS) is 25.1. The molecule has 1 aliphatic carbocycles. The van der Waals surface area contributed by atoms with Gasteiger partial charge in [0.25, 0.3) is 0 Å². The molecule has 0 saturated heterocycles. The van der Waals surface area contributed by atoms with E-state index in [-0.39, 0.29) is 17.9 Å². The van der Waals surface area contributed by atoms with E-state index in [1.807, 2.05) is 13.8 Å². The molecule has 0 aromatic heterocycles. The summed E-state index contributed by atoms with van der Waals surface area (Å²) in [7, 11) is 1.65. The van der Waals surface area contributed by atoms with Gasteiger partial charge in [0.1, 0.15) is 0 Å². The maximum atomic E-state index is 11.6. The monoisotopic (exact) mass is 223 g/mol. The van der Waals surface area contributed by atoms with E-state index >= 15 is 0 Å². The molecule has 1 fully saturated rings. The topological polar surface area (TPSA) is 64.9 Å². The van der Waals surface area contributed by atoms with Crippen LogP contribution in [-0.4, -0.2) is 25.5 Å². The van der Waals surface area contributed by atoms with E-state index in [1.165, 1.54) is 0 Å². The summed E-state index contributed by atoms with van der Waals surface area (Å²) in [5.74, 6) is 0.145. The lowest BCUT2D eigenvalue weighted by molar-refractivity contribution is -0.128. The van der Waals surface area contributed by atoms with Crippen LogP contribution in [0.3, 0.4) is 0 Å². The molecule has 0 aromatic rings. The molecule has 1 aliphatic rings. The van der Waals surface area contributed by atoms with Crippen molar-refractivity contribution in [3.05, 3.63) is 0 Å². The second kappa shape index (κ2) is 5.31. The standard InChI is InChI=1S/C12H21N3O/c1-12(2,11(16)14-3)8-15-10-6-4-5-9(10)7-13/h9-10,15H,4-6,8H2,1-3H3,(H,14,16). The lowest BCUT2D eigenvalue weighted by atomic mass is 9.91. The molecule has 0 aromatic carbocycles. The van der Waals surface area contributed by atoms with Gasteiger partial charge in [-0.25, -0.2) is 0 Å². The van der Waals surface area contributed by atoms with Gasteiger partial charge in [0.05, 0.1) is 17.4 Å². The maximum Gasteiger partial charge on any atom is 0.226 e. The molecule has 0 bridgehead atoms. The number of carbonyl (C=O) groups excluding carboxylic acids is 1. The number of carbonyl (C=O) groups is 1. The van der Waals surface area contributed by atoms with Crippen molar-refractivity contribution in [1.29, 1.82) is 5.26 Å². The van der Waals surface area contributed by atoms with Crippen LogP contribution in [-0.2, 0) is 4.79 Å². The van der Waals surface area contributed by atoms with Crippen molar-refractivity contribution < 1.29 is 4.79 Å². The minimum absolute atomic E-state index is 0.0338. The van der Waals surface area contributed by atoms with Crippen LogP contribution < -0.4 is 10.6 Å². The third kappa shape index (κ3) is 2.96. The molecule has 4 nitrogen and oxygen atoms in total. The Morgan fingerprint density at radius 1 is 1.50 bits per heavy atom. The molecule has 4 heteroatoms. The van der Waals surface area contributed by atoms with Gasteiger partial charge in [0.2, 0.25) is 5.91 Å². The fourth-order valence-corrected chi connectivity index (χ4v) is 2.16. The zero-order valence-electron chi connectivity index (χ0n) is 10.3. The second-order valence-corrected chi connectivity index (χ2v) is 5.12. The molecule has 1 rings (SSSR count). The number of nitrogens with one attached hydrogen (secondary N) is 2. The summed E-state index contributed by atoms with van der Waals surface area (Å²) in [5.41, 5.74) is -0.419. The summed E-state index contributed by atoms with van der Waals surface area (Å²) in [6.45, 7) is 4.44. The predicted molar refractivity (Wildman–Crippen MR) is 62.6 cm³/mol. The van der Waals surface area contributed by atoms with Gasteiger partial charge in [-0.15, -0.1) is 0 Å². The third-order valence-corrected chi connectivity index (χ3v) is 3.33. The molecule has 2 N–H and O–H groups in total. The first-order chi connectivity index (χ1) is 7.51. The van der Waals surface area contributed by atoms with Gasteiger partial charge in [-0.05, 0) is 26.7 Å². The van der Waals surface area contributed by atoms with Crippen LogP contribution in [0.5, 0.6) is 0 Å². The second-order valence-electron chi connectivity index (χ2n) is 5.12. The van der Waals surface area contributed by atoms with Crippen molar-refractivity contribution in [3.8, 4) is 6.07 Å². The van der Waals surface area contributed by atoms with Crippen LogP contribution in [0.1, 0.15) is 33.1 Å². The van der Waals surface area contributed by atoms with E-state index in [4.69, 9.17) is 5.26 Å². The first kappa shape index (κ1) is 13.0. The highest BCUT2D eigenvalue weighted by atomic mass is 16.2. The molecular weight excluding hydrogens is 202 g/mol. The van der Waals surface area contributed by atoms with Crippen LogP contribution in [0.25, 0.3) is 0 Å². The molecule has 1 saturated carbocycles.